The fraction of sp³-hybridized carbons (Fsp3) is 1.00. The van der Waals surface area contributed by atoms with Crippen molar-refractivity contribution < 1.29 is 6.53 Å². The molecule has 0 aromatic carbocycles. The maximum absolute atomic E-state index is 8.44. The molecule has 0 aliphatic rings. The quantitative estimate of drug-likeness (QED) is 0.623. The molecule has 1 atom stereocenters. The lowest BCUT2D eigenvalue weighted by molar-refractivity contribution is 0.236. The third kappa shape index (κ3) is 13.0. The summed E-state index contributed by atoms with van der Waals surface area (Å²) >= 11 is 0. The number of aliphatic hydroxyl groups excluding tert-OH is 1. The van der Waals surface area contributed by atoms with E-state index >= 15 is 0 Å². The maximum atomic E-state index is 8.44. The highest BCUT2D eigenvalue weighted by molar-refractivity contribution is 4.59. The zero-order valence-corrected chi connectivity index (χ0v) is 8.52. The van der Waals surface area contributed by atoms with Crippen LogP contribution in [-0.4, -0.2) is 17.9 Å². The number of hydrogen-bond acceptors (Lipinski definition) is 2. The van der Waals surface area contributed by atoms with Gasteiger partial charge >= 0.3 is 0 Å². The maximum Gasteiger partial charge on any atom is 0.0933 e. The Morgan fingerprint density at radius 3 is 2.00 bits per heavy atom. The minimum absolute atomic E-state index is 0. The fourth-order valence-corrected chi connectivity index (χ4v) is 0.946. The van der Waals surface area contributed by atoms with Gasteiger partial charge in [-0.25, -0.2) is 0 Å². The molecule has 0 saturated heterocycles. The summed E-state index contributed by atoms with van der Waals surface area (Å²) in [6, 6.07) is 0.440. The average molecular weight is 163 g/mol. The Labute approximate surface area is 72.5 Å². The third-order valence-corrected chi connectivity index (χ3v) is 1.26. The van der Waals surface area contributed by atoms with Gasteiger partial charge in [-0.1, -0.05) is 27.7 Å². The predicted molar refractivity (Wildman–Crippen MR) is 52.6 cm³/mol. The molecule has 0 bridgehead atoms. The molecule has 0 heterocycles. The summed E-state index contributed by atoms with van der Waals surface area (Å²) in [6.45, 7) is 10.5. The second kappa shape index (κ2) is 9.92. The zero-order chi connectivity index (χ0) is 9.28. The number of rotatable bonds is 4. The van der Waals surface area contributed by atoms with Gasteiger partial charge < -0.3 is 5.11 Å². The van der Waals surface area contributed by atoms with Crippen LogP contribution in [-0.2, 0) is 0 Å². The second-order valence-corrected chi connectivity index (χ2v) is 2.89. The van der Waals surface area contributed by atoms with Crippen molar-refractivity contribution in [3.63, 3.8) is 0 Å². The van der Waals surface area contributed by atoms with Crippen LogP contribution in [0.5, 0.6) is 0 Å². The lowest BCUT2D eigenvalue weighted by Gasteiger charge is -2.13. The van der Waals surface area contributed by atoms with Crippen molar-refractivity contribution >= 4 is 0 Å². The minimum Gasteiger partial charge on any atom is -0.381 e. The van der Waals surface area contributed by atoms with E-state index in [-0.39, 0.29) is 8.16 Å². The molecule has 0 aromatic heterocycles. The summed E-state index contributed by atoms with van der Waals surface area (Å²) in [5, 5.41) is 11.4. The van der Waals surface area contributed by atoms with E-state index in [4.69, 9.17) is 5.11 Å². The van der Waals surface area contributed by atoms with Gasteiger partial charge in [0.2, 0.25) is 0 Å². The van der Waals surface area contributed by atoms with Crippen LogP contribution in [0.4, 0.5) is 0 Å². The molecule has 0 amide bonds. The van der Waals surface area contributed by atoms with E-state index in [0.29, 0.717) is 12.0 Å². The predicted octanol–water partition coefficient (Wildman–Crippen LogP) is 2.23. The van der Waals surface area contributed by atoms with Gasteiger partial charge in [0.1, 0.15) is 0 Å². The third-order valence-electron chi connectivity index (χ3n) is 1.26. The topological polar surface area (TPSA) is 32.3 Å². The van der Waals surface area contributed by atoms with Crippen LogP contribution in [0.1, 0.15) is 42.5 Å². The smallest absolute Gasteiger partial charge is 0.0933 e. The Morgan fingerprint density at radius 2 is 1.73 bits per heavy atom. The Morgan fingerprint density at radius 1 is 1.27 bits per heavy atom. The average Bonchev–Trinajstić information content (AvgIpc) is 1.91. The van der Waals surface area contributed by atoms with Crippen LogP contribution in [0.15, 0.2) is 0 Å². The lowest BCUT2D eigenvalue weighted by atomic mass is 10.1. The van der Waals surface area contributed by atoms with Gasteiger partial charge in [-0.15, -0.1) is 0 Å². The molecule has 11 heavy (non-hydrogen) atoms. The van der Waals surface area contributed by atoms with E-state index in [0.717, 1.165) is 6.42 Å². The summed E-state index contributed by atoms with van der Waals surface area (Å²) in [6.07, 6.45) is 1.13. The number of hydrogen-bond donors (Lipinski definition) is 2. The normalized spacial score (nSPS) is 12.3. The minimum atomic E-state index is 0. The first-order valence-corrected chi connectivity index (χ1v) is 4.51. The molecule has 0 aliphatic carbocycles. The van der Waals surface area contributed by atoms with E-state index in [1.54, 1.807) is 0 Å². The molecular formula is C9H25NO. The Hall–Kier alpha value is -0.0800. The summed E-state index contributed by atoms with van der Waals surface area (Å²) in [7, 11) is 0. The molecule has 0 rings (SSSR count). The molecule has 0 fully saturated rings. The van der Waals surface area contributed by atoms with Gasteiger partial charge in [0.25, 0.3) is 0 Å². The van der Waals surface area contributed by atoms with Crippen LogP contribution in [0.25, 0.3) is 0 Å². The van der Waals surface area contributed by atoms with Crippen LogP contribution >= 0.6 is 0 Å². The van der Waals surface area contributed by atoms with Crippen LogP contribution in [0.3, 0.4) is 0 Å². The highest BCUT2D eigenvalue weighted by Gasteiger charge is 2.01. The van der Waals surface area contributed by atoms with Crippen molar-refractivity contribution in [1.82, 2.24) is 5.32 Å². The molecule has 2 heteroatoms. The largest absolute Gasteiger partial charge is 0.381 e. The molecule has 1 unspecified atom stereocenters. The van der Waals surface area contributed by atoms with Crippen molar-refractivity contribution in [2.75, 3.05) is 6.73 Å². The first-order chi connectivity index (χ1) is 5.16. The Kier molecular flexibility index (Phi) is 12.2. The van der Waals surface area contributed by atoms with Gasteiger partial charge in [-0.05, 0) is 19.3 Å². The monoisotopic (exact) mass is 163 g/mol. The summed E-state index contributed by atoms with van der Waals surface area (Å²) in [5.74, 6) is 0.707. The number of aliphatic hydroxyl groups is 1. The molecule has 2 N–H and O–H groups in total. The Balaban J connectivity index is -0.000000249. The highest BCUT2D eigenvalue weighted by Crippen LogP contribution is 2.02. The van der Waals surface area contributed by atoms with E-state index < -0.39 is 0 Å². The van der Waals surface area contributed by atoms with E-state index in [1.165, 1.54) is 0 Å². The number of nitrogens with one attached hydrogen (secondary N) is 1. The van der Waals surface area contributed by atoms with E-state index in [9.17, 15) is 0 Å². The van der Waals surface area contributed by atoms with Gasteiger partial charge in [-0.3, -0.25) is 5.32 Å². The summed E-state index contributed by atoms with van der Waals surface area (Å²) in [5.41, 5.74) is 0. The van der Waals surface area contributed by atoms with Crippen LogP contribution in [0.2, 0.25) is 0 Å². The van der Waals surface area contributed by atoms with Crippen LogP contribution in [0, 0.1) is 5.92 Å². The molecule has 2 nitrogen and oxygen atoms in total. The summed E-state index contributed by atoms with van der Waals surface area (Å²) in [4.78, 5) is 0. The Bertz CT molecular complexity index is 69.5. The highest BCUT2D eigenvalue weighted by atomic mass is 16.3. The summed E-state index contributed by atoms with van der Waals surface area (Å²) < 4.78 is 0. The fourth-order valence-electron chi connectivity index (χ4n) is 0.946. The zero-order valence-electron chi connectivity index (χ0n) is 8.52. The molecule has 72 valence electrons. The van der Waals surface area contributed by atoms with E-state index in [2.05, 4.69) is 26.1 Å². The standard InChI is InChI=1S/C7H17NO.C2H6.H2/c1-6(2)4-7(3)8-5-9;1-2;/h6-9H,4-5H2,1-3H3;1-2H3;1H. The van der Waals surface area contributed by atoms with Crippen molar-refractivity contribution in [1.29, 1.82) is 0 Å². The van der Waals surface area contributed by atoms with E-state index in [1.807, 2.05) is 13.8 Å². The van der Waals surface area contributed by atoms with Gasteiger partial charge in [0.15, 0.2) is 0 Å². The molecule has 0 spiro atoms. The van der Waals surface area contributed by atoms with Crippen molar-refractivity contribution in [3.8, 4) is 0 Å². The SMILES string of the molecule is CC.CC(C)CC(C)NCO.[HH]. The van der Waals surface area contributed by atoms with Crippen molar-refractivity contribution in [2.45, 2.75) is 47.1 Å². The molecule has 0 radical (unpaired) electrons. The van der Waals surface area contributed by atoms with Crippen molar-refractivity contribution in [3.05, 3.63) is 0 Å². The first kappa shape index (κ1) is 13.5. The van der Waals surface area contributed by atoms with Gasteiger partial charge in [0, 0.05) is 7.47 Å². The molecule has 0 saturated carbocycles. The molecule has 0 aromatic rings. The van der Waals surface area contributed by atoms with Crippen molar-refractivity contribution in [2.24, 2.45) is 5.92 Å². The first-order valence-electron chi connectivity index (χ1n) is 4.51. The van der Waals surface area contributed by atoms with Crippen LogP contribution < -0.4 is 5.32 Å². The molecule has 0 aliphatic heterocycles. The second-order valence-electron chi connectivity index (χ2n) is 2.89. The van der Waals surface area contributed by atoms with Gasteiger partial charge in [-0.2, -0.15) is 0 Å². The lowest BCUT2D eigenvalue weighted by Crippen LogP contribution is -2.27. The molecular weight excluding hydrogens is 138 g/mol. The van der Waals surface area contributed by atoms with Gasteiger partial charge in [0.05, 0.1) is 6.73 Å².